The fourth-order valence-electron chi connectivity index (χ4n) is 1.43. The van der Waals surface area contributed by atoms with Gasteiger partial charge in [0.2, 0.25) is 0 Å². The lowest BCUT2D eigenvalue weighted by Crippen LogP contribution is -2.03. The van der Waals surface area contributed by atoms with Crippen LogP contribution in [0.3, 0.4) is 0 Å². The average Bonchev–Trinajstić information content (AvgIpc) is 2.72. The normalized spacial score (nSPS) is 10.4. The Bertz CT molecular complexity index is 583. The second-order valence-electron chi connectivity index (χ2n) is 3.55. The lowest BCUT2D eigenvalue weighted by Gasteiger charge is -1.97. The summed E-state index contributed by atoms with van der Waals surface area (Å²) < 4.78 is 5.87. The molecule has 0 atom stereocenters. The number of carbonyl (C=O) groups excluding carboxylic acids is 1. The Balaban J connectivity index is 2.37. The summed E-state index contributed by atoms with van der Waals surface area (Å²) in [6.45, 7) is 3.95. The zero-order valence-corrected chi connectivity index (χ0v) is 12.3. The summed E-state index contributed by atoms with van der Waals surface area (Å²) >= 11 is 4.68. The topological polar surface area (TPSA) is 52.1 Å². The molecule has 2 rings (SSSR count). The maximum absolute atomic E-state index is 11.7. The summed E-state index contributed by atoms with van der Waals surface area (Å²) in [5, 5.41) is 0.768. The van der Waals surface area contributed by atoms with Crippen molar-refractivity contribution in [2.45, 2.75) is 13.8 Å². The van der Waals surface area contributed by atoms with E-state index < -0.39 is 0 Å². The Morgan fingerprint density at radius 3 is 2.94 bits per heavy atom. The van der Waals surface area contributed by atoms with E-state index in [2.05, 4.69) is 25.9 Å². The zero-order valence-electron chi connectivity index (χ0n) is 9.94. The molecule has 0 saturated heterocycles. The smallest absolute Gasteiger partial charge is 0.350 e. The summed E-state index contributed by atoms with van der Waals surface area (Å²) in [6, 6.07) is 1.92. The number of aryl methyl sites for hydroxylation is 1. The molecule has 0 saturated carbocycles. The summed E-state index contributed by atoms with van der Waals surface area (Å²) in [6.07, 6.45) is 3.42. The molecule has 0 amide bonds. The molecule has 2 aromatic heterocycles. The van der Waals surface area contributed by atoms with E-state index in [0.29, 0.717) is 17.2 Å². The van der Waals surface area contributed by atoms with E-state index in [9.17, 15) is 4.79 Å². The first kappa shape index (κ1) is 13.2. The van der Waals surface area contributed by atoms with E-state index >= 15 is 0 Å². The van der Waals surface area contributed by atoms with Crippen LogP contribution in [0.4, 0.5) is 0 Å². The van der Waals surface area contributed by atoms with Crippen molar-refractivity contribution in [3.8, 4) is 10.6 Å². The molecule has 0 fully saturated rings. The molecule has 0 bridgehead atoms. The quantitative estimate of drug-likeness (QED) is 0.810. The Labute approximate surface area is 117 Å². The SMILES string of the molecule is CCOC(=O)c1sc(-c2cncc(Br)c2)nc1C. The molecule has 6 heteroatoms. The fourth-order valence-corrected chi connectivity index (χ4v) is 2.74. The second kappa shape index (κ2) is 5.58. The average molecular weight is 327 g/mol. The van der Waals surface area contributed by atoms with Crippen molar-refractivity contribution < 1.29 is 9.53 Å². The highest BCUT2D eigenvalue weighted by Crippen LogP contribution is 2.29. The molecular weight excluding hydrogens is 316 g/mol. The highest BCUT2D eigenvalue weighted by Gasteiger charge is 2.17. The molecule has 4 nitrogen and oxygen atoms in total. The van der Waals surface area contributed by atoms with Crippen molar-refractivity contribution in [2.75, 3.05) is 6.61 Å². The zero-order chi connectivity index (χ0) is 13.1. The van der Waals surface area contributed by atoms with Gasteiger partial charge < -0.3 is 4.74 Å². The molecule has 0 unspecified atom stereocenters. The number of rotatable bonds is 3. The second-order valence-corrected chi connectivity index (χ2v) is 5.46. The molecular formula is C12H11BrN2O2S. The number of thiazole rings is 1. The van der Waals surface area contributed by atoms with E-state index in [0.717, 1.165) is 15.0 Å². The fraction of sp³-hybridized carbons (Fsp3) is 0.250. The van der Waals surface area contributed by atoms with E-state index in [-0.39, 0.29) is 5.97 Å². The lowest BCUT2D eigenvalue weighted by molar-refractivity contribution is 0.0531. The molecule has 0 aromatic carbocycles. The Morgan fingerprint density at radius 2 is 2.28 bits per heavy atom. The minimum Gasteiger partial charge on any atom is -0.462 e. The molecule has 2 heterocycles. The third kappa shape index (κ3) is 2.76. The van der Waals surface area contributed by atoms with Gasteiger partial charge in [0, 0.05) is 22.4 Å². The maximum Gasteiger partial charge on any atom is 0.350 e. The van der Waals surface area contributed by atoms with Gasteiger partial charge in [0.25, 0.3) is 0 Å². The molecule has 0 radical (unpaired) electrons. The Morgan fingerprint density at radius 1 is 1.50 bits per heavy atom. The van der Waals surface area contributed by atoms with Crippen LogP contribution in [0.5, 0.6) is 0 Å². The van der Waals surface area contributed by atoms with Crippen LogP contribution >= 0.6 is 27.3 Å². The van der Waals surface area contributed by atoms with Gasteiger partial charge in [0.15, 0.2) is 0 Å². The monoisotopic (exact) mass is 326 g/mol. The third-order valence-electron chi connectivity index (χ3n) is 2.21. The van der Waals surface area contributed by atoms with Gasteiger partial charge in [-0.05, 0) is 35.8 Å². The maximum atomic E-state index is 11.7. The Kier molecular flexibility index (Phi) is 4.08. The molecule has 18 heavy (non-hydrogen) atoms. The Hall–Kier alpha value is -1.27. The molecule has 0 aliphatic heterocycles. The van der Waals surface area contributed by atoms with E-state index in [4.69, 9.17) is 4.74 Å². The number of pyridine rings is 1. The first-order valence-electron chi connectivity index (χ1n) is 5.37. The van der Waals surface area contributed by atoms with Gasteiger partial charge in [-0.15, -0.1) is 11.3 Å². The molecule has 94 valence electrons. The number of ether oxygens (including phenoxy) is 1. The minimum absolute atomic E-state index is 0.318. The first-order chi connectivity index (χ1) is 8.61. The molecule has 0 aliphatic rings. The van der Waals surface area contributed by atoms with E-state index in [1.165, 1.54) is 11.3 Å². The van der Waals surface area contributed by atoms with Crippen LogP contribution in [0.1, 0.15) is 22.3 Å². The summed E-state index contributed by atoms with van der Waals surface area (Å²) in [5.74, 6) is -0.318. The van der Waals surface area contributed by atoms with Crippen molar-refractivity contribution in [3.05, 3.63) is 33.5 Å². The van der Waals surface area contributed by atoms with Gasteiger partial charge in [-0.1, -0.05) is 0 Å². The van der Waals surface area contributed by atoms with Gasteiger partial charge in [-0.2, -0.15) is 0 Å². The largest absolute Gasteiger partial charge is 0.462 e. The van der Waals surface area contributed by atoms with Crippen molar-refractivity contribution in [3.63, 3.8) is 0 Å². The predicted octanol–water partition coefficient (Wildman–Crippen LogP) is 3.45. The minimum atomic E-state index is -0.318. The van der Waals surface area contributed by atoms with Gasteiger partial charge in [0.1, 0.15) is 9.88 Å². The number of halogens is 1. The van der Waals surface area contributed by atoms with E-state index in [1.54, 1.807) is 26.2 Å². The number of nitrogens with zero attached hydrogens (tertiary/aromatic N) is 2. The van der Waals surface area contributed by atoms with Crippen molar-refractivity contribution in [1.82, 2.24) is 9.97 Å². The number of esters is 1. The van der Waals surface area contributed by atoms with Crippen LogP contribution in [0.15, 0.2) is 22.9 Å². The summed E-state index contributed by atoms with van der Waals surface area (Å²) in [7, 11) is 0. The number of aromatic nitrogens is 2. The van der Waals surface area contributed by atoms with Crippen molar-refractivity contribution in [1.29, 1.82) is 0 Å². The number of hydrogen-bond donors (Lipinski definition) is 0. The predicted molar refractivity (Wildman–Crippen MR) is 73.7 cm³/mol. The number of hydrogen-bond acceptors (Lipinski definition) is 5. The van der Waals surface area contributed by atoms with Crippen molar-refractivity contribution >= 4 is 33.2 Å². The first-order valence-corrected chi connectivity index (χ1v) is 6.98. The van der Waals surface area contributed by atoms with E-state index in [1.807, 2.05) is 6.07 Å². The van der Waals surface area contributed by atoms with Crippen LogP contribution in [0, 0.1) is 6.92 Å². The van der Waals surface area contributed by atoms with Crippen LogP contribution < -0.4 is 0 Å². The van der Waals surface area contributed by atoms with Crippen LogP contribution in [0.2, 0.25) is 0 Å². The summed E-state index contributed by atoms with van der Waals surface area (Å²) in [5.41, 5.74) is 1.57. The van der Waals surface area contributed by atoms with Crippen molar-refractivity contribution in [2.24, 2.45) is 0 Å². The molecule has 0 N–H and O–H groups in total. The number of carbonyl (C=O) groups is 1. The van der Waals surface area contributed by atoms with Crippen LogP contribution in [-0.4, -0.2) is 22.5 Å². The van der Waals surface area contributed by atoms with Gasteiger partial charge >= 0.3 is 5.97 Å². The molecule has 2 aromatic rings. The third-order valence-corrected chi connectivity index (χ3v) is 3.83. The van der Waals surface area contributed by atoms with Gasteiger partial charge in [-0.25, -0.2) is 9.78 Å². The van der Waals surface area contributed by atoms with Crippen LogP contribution in [0.25, 0.3) is 10.6 Å². The molecule has 0 spiro atoms. The van der Waals surface area contributed by atoms with Gasteiger partial charge in [-0.3, -0.25) is 4.98 Å². The van der Waals surface area contributed by atoms with Crippen LogP contribution in [-0.2, 0) is 4.74 Å². The highest BCUT2D eigenvalue weighted by molar-refractivity contribution is 9.10. The molecule has 0 aliphatic carbocycles. The highest BCUT2D eigenvalue weighted by atomic mass is 79.9. The van der Waals surface area contributed by atoms with Gasteiger partial charge in [0.05, 0.1) is 12.3 Å². The standard InChI is InChI=1S/C12H11BrN2O2S/c1-3-17-12(16)10-7(2)15-11(18-10)8-4-9(13)6-14-5-8/h4-6H,3H2,1-2H3. The lowest BCUT2D eigenvalue weighted by atomic mass is 10.3. The summed E-state index contributed by atoms with van der Waals surface area (Å²) in [4.78, 5) is 20.7.